The van der Waals surface area contributed by atoms with Crippen molar-refractivity contribution in [2.75, 3.05) is 25.1 Å². The van der Waals surface area contributed by atoms with Gasteiger partial charge in [-0.25, -0.2) is 4.79 Å². The van der Waals surface area contributed by atoms with Gasteiger partial charge in [0.15, 0.2) is 0 Å². The van der Waals surface area contributed by atoms with E-state index in [0.29, 0.717) is 18.7 Å². The Hall–Kier alpha value is -2.28. The summed E-state index contributed by atoms with van der Waals surface area (Å²) in [5, 5.41) is 8.98. The molecule has 0 fully saturated rings. The molecule has 0 saturated carbocycles. The maximum absolute atomic E-state index is 11.1. The number of para-hydroxylation sites is 1. The highest BCUT2D eigenvalue weighted by Gasteiger charge is 2.04. The second kappa shape index (κ2) is 7.13. The number of hydrogen-bond acceptors (Lipinski definition) is 4. The second-order valence-electron chi connectivity index (χ2n) is 3.66. The van der Waals surface area contributed by atoms with Crippen LogP contribution < -0.4 is 4.90 Å². The van der Waals surface area contributed by atoms with Crippen LogP contribution in [0.5, 0.6) is 0 Å². The second-order valence-corrected chi connectivity index (χ2v) is 3.66. The molecule has 0 spiro atoms. The van der Waals surface area contributed by atoms with Gasteiger partial charge in [-0.05, 0) is 19.1 Å². The molecule has 0 saturated heterocycles. The standard InChI is InChI=1S/C14H16N2O2/c1-3-18-14(17)9-6-10-16(2)13-8-5-4-7-12(13)11-15/h4-9H,3,10H2,1-2H3/b9-6+. The highest BCUT2D eigenvalue weighted by Crippen LogP contribution is 2.17. The van der Waals surface area contributed by atoms with Crippen LogP contribution in [-0.4, -0.2) is 26.2 Å². The third kappa shape index (κ3) is 3.95. The van der Waals surface area contributed by atoms with Crippen LogP contribution in [0.25, 0.3) is 0 Å². The average molecular weight is 244 g/mol. The molecule has 94 valence electrons. The third-order valence-electron chi connectivity index (χ3n) is 2.36. The van der Waals surface area contributed by atoms with Crippen molar-refractivity contribution in [1.29, 1.82) is 5.26 Å². The van der Waals surface area contributed by atoms with E-state index in [1.54, 1.807) is 19.1 Å². The number of carbonyl (C=O) groups is 1. The Morgan fingerprint density at radius 2 is 2.22 bits per heavy atom. The summed E-state index contributed by atoms with van der Waals surface area (Å²) in [6.07, 6.45) is 3.11. The van der Waals surface area contributed by atoms with Gasteiger partial charge in [-0.2, -0.15) is 5.26 Å². The molecule has 0 amide bonds. The van der Waals surface area contributed by atoms with Crippen molar-refractivity contribution in [2.24, 2.45) is 0 Å². The fraction of sp³-hybridized carbons (Fsp3) is 0.286. The number of nitrogens with zero attached hydrogens (tertiary/aromatic N) is 2. The van der Waals surface area contributed by atoms with Crippen molar-refractivity contribution >= 4 is 11.7 Å². The summed E-state index contributed by atoms with van der Waals surface area (Å²) in [6, 6.07) is 9.48. The predicted molar refractivity (Wildman–Crippen MR) is 70.2 cm³/mol. The molecule has 1 aromatic rings. The summed E-state index contributed by atoms with van der Waals surface area (Å²) >= 11 is 0. The van der Waals surface area contributed by atoms with Gasteiger partial charge in [0.2, 0.25) is 0 Å². The number of hydrogen-bond donors (Lipinski definition) is 0. The van der Waals surface area contributed by atoms with Crippen LogP contribution in [-0.2, 0) is 9.53 Å². The van der Waals surface area contributed by atoms with E-state index in [1.165, 1.54) is 6.08 Å². The van der Waals surface area contributed by atoms with Gasteiger partial charge in [0.25, 0.3) is 0 Å². The van der Waals surface area contributed by atoms with Crippen LogP contribution in [0.4, 0.5) is 5.69 Å². The maximum atomic E-state index is 11.1. The van der Waals surface area contributed by atoms with Crippen molar-refractivity contribution in [1.82, 2.24) is 0 Å². The van der Waals surface area contributed by atoms with Crippen LogP contribution in [0.1, 0.15) is 12.5 Å². The fourth-order valence-corrected chi connectivity index (χ4v) is 1.50. The van der Waals surface area contributed by atoms with E-state index in [-0.39, 0.29) is 5.97 Å². The lowest BCUT2D eigenvalue weighted by Crippen LogP contribution is -2.18. The molecule has 0 aliphatic rings. The normalized spacial score (nSPS) is 10.1. The van der Waals surface area contributed by atoms with Crippen LogP contribution in [0.3, 0.4) is 0 Å². The topological polar surface area (TPSA) is 53.3 Å². The minimum Gasteiger partial charge on any atom is -0.463 e. The van der Waals surface area contributed by atoms with Crippen molar-refractivity contribution in [3.05, 3.63) is 42.0 Å². The zero-order valence-electron chi connectivity index (χ0n) is 10.6. The molecule has 4 heteroatoms. The minimum absolute atomic E-state index is 0.348. The molecule has 0 aliphatic heterocycles. The lowest BCUT2D eigenvalue weighted by molar-refractivity contribution is -0.137. The van der Waals surface area contributed by atoms with Crippen molar-refractivity contribution in [2.45, 2.75) is 6.92 Å². The maximum Gasteiger partial charge on any atom is 0.330 e. The van der Waals surface area contributed by atoms with Crippen molar-refractivity contribution < 1.29 is 9.53 Å². The molecule has 0 bridgehead atoms. The smallest absolute Gasteiger partial charge is 0.330 e. The van der Waals surface area contributed by atoms with E-state index in [1.807, 2.05) is 30.1 Å². The van der Waals surface area contributed by atoms with E-state index < -0.39 is 0 Å². The highest BCUT2D eigenvalue weighted by atomic mass is 16.5. The molecular weight excluding hydrogens is 228 g/mol. The summed E-state index contributed by atoms with van der Waals surface area (Å²) in [5.41, 5.74) is 1.46. The average Bonchev–Trinajstić information content (AvgIpc) is 2.38. The zero-order valence-corrected chi connectivity index (χ0v) is 10.6. The zero-order chi connectivity index (χ0) is 13.4. The first kappa shape index (κ1) is 13.8. The van der Waals surface area contributed by atoms with Gasteiger partial charge in [0.05, 0.1) is 17.9 Å². The van der Waals surface area contributed by atoms with E-state index in [4.69, 9.17) is 10.00 Å². The SMILES string of the molecule is CCOC(=O)/C=C/CN(C)c1ccccc1C#N. The minimum atomic E-state index is -0.348. The Morgan fingerprint density at radius 3 is 2.89 bits per heavy atom. The van der Waals surface area contributed by atoms with Gasteiger partial charge in [-0.15, -0.1) is 0 Å². The van der Waals surface area contributed by atoms with Crippen molar-refractivity contribution in [3.8, 4) is 6.07 Å². The number of benzene rings is 1. The lowest BCUT2D eigenvalue weighted by atomic mass is 10.2. The van der Waals surface area contributed by atoms with Gasteiger partial charge in [0, 0.05) is 19.7 Å². The number of rotatable bonds is 5. The molecule has 18 heavy (non-hydrogen) atoms. The molecule has 0 radical (unpaired) electrons. The molecule has 0 aromatic heterocycles. The van der Waals surface area contributed by atoms with Crippen molar-refractivity contribution in [3.63, 3.8) is 0 Å². The van der Waals surface area contributed by atoms with Crippen LogP contribution in [0.2, 0.25) is 0 Å². The van der Waals surface area contributed by atoms with Crippen LogP contribution >= 0.6 is 0 Å². The predicted octanol–water partition coefficient (Wildman–Crippen LogP) is 2.11. The summed E-state index contributed by atoms with van der Waals surface area (Å²) in [6.45, 7) is 2.68. The third-order valence-corrected chi connectivity index (χ3v) is 2.36. The summed E-state index contributed by atoms with van der Waals surface area (Å²) in [7, 11) is 1.87. The molecule has 0 unspecified atom stereocenters. The van der Waals surface area contributed by atoms with E-state index in [2.05, 4.69) is 6.07 Å². The molecule has 0 aliphatic carbocycles. The van der Waals surface area contributed by atoms with E-state index in [9.17, 15) is 4.79 Å². The van der Waals surface area contributed by atoms with Gasteiger partial charge in [0.1, 0.15) is 6.07 Å². The lowest BCUT2D eigenvalue weighted by Gasteiger charge is -2.18. The Bertz CT molecular complexity index is 475. The summed E-state index contributed by atoms with van der Waals surface area (Å²) in [5.74, 6) is -0.348. The number of anilines is 1. The Morgan fingerprint density at radius 1 is 1.50 bits per heavy atom. The first-order chi connectivity index (χ1) is 8.69. The summed E-state index contributed by atoms with van der Waals surface area (Å²) in [4.78, 5) is 13.0. The molecule has 1 aromatic carbocycles. The quantitative estimate of drug-likeness (QED) is 0.588. The molecule has 0 N–H and O–H groups in total. The molecule has 4 nitrogen and oxygen atoms in total. The first-order valence-corrected chi connectivity index (χ1v) is 5.72. The van der Waals surface area contributed by atoms with Gasteiger partial charge in [-0.1, -0.05) is 18.2 Å². The Kier molecular flexibility index (Phi) is 5.46. The molecule has 0 atom stereocenters. The number of esters is 1. The summed E-state index contributed by atoms with van der Waals surface area (Å²) < 4.78 is 4.78. The number of carbonyl (C=O) groups excluding carboxylic acids is 1. The molecule has 1 rings (SSSR count). The van der Waals surface area contributed by atoms with Crippen LogP contribution in [0, 0.1) is 11.3 Å². The molecular formula is C14H16N2O2. The fourth-order valence-electron chi connectivity index (χ4n) is 1.50. The Balaban J connectivity index is 2.63. The largest absolute Gasteiger partial charge is 0.463 e. The number of likely N-dealkylation sites (N-methyl/N-ethyl adjacent to an activating group) is 1. The highest BCUT2D eigenvalue weighted by molar-refractivity contribution is 5.82. The monoisotopic (exact) mass is 244 g/mol. The number of nitriles is 1. The van der Waals surface area contributed by atoms with Gasteiger partial charge < -0.3 is 9.64 Å². The number of ether oxygens (including phenoxy) is 1. The van der Waals surface area contributed by atoms with E-state index in [0.717, 1.165) is 5.69 Å². The van der Waals surface area contributed by atoms with Crippen LogP contribution in [0.15, 0.2) is 36.4 Å². The van der Waals surface area contributed by atoms with Gasteiger partial charge >= 0.3 is 5.97 Å². The van der Waals surface area contributed by atoms with Gasteiger partial charge in [-0.3, -0.25) is 0 Å². The molecule has 0 heterocycles. The van der Waals surface area contributed by atoms with E-state index >= 15 is 0 Å². The first-order valence-electron chi connectivity index (χ1n) is 5.72. The Labute approximate surface area is 107 Å².